The highest BCUT2D eigenvalue weighted by molar-refractivity contribution is 14.0. The Labute approximate surface area is 179 Å². The molecule has 0 saturated carbocycles. The summed E-state index contributed by atoms with van der Waals surface area (Å²) in [6.45, 7) is 6.30. The van der Waals surface area contributed by atoms with E-state index in [2.05, 4.69) is 55.9 Å². The molecule has 0 bridgehead atoms. The van der Waals surface area contributed by atoms with E-state index in [1.165, 1.54) is 5.56 Å². The highest BCUT2D eigenvalue weighted by atomic mass is 127. The van der Waals surface area contributed by atoms with E-state index >= 15 is 0 Å². The van der Waals surface area contributed by atoms with Gasteiger partial charge in [-0.15, -0.1) is 24.0 Å². The van der Waals surface area contributed by atoms with Crippen molar-refractivity contribution in [2.75, 3.05) is 26.7 Å². The predicted octanol–water partition coefficient (Wildman–Crippen LogP) is 3.13. The van der Waals surface area contributed by atoms with Gasteiger partial charge in [0.15, 0.2) is 5.96 Å². The first kappa shape index (κ1) is 21.7. The van der Waals surface area contributed by atoms with Crippen LogP contribution in [-0.2, 0) is 17.8 Å². The minimum Gasteiger partial charge on any atom is -0.378 e. The molecule has 0 spiro atoms. The molecule has 0 unspecified atom stereocenters. The summed E-state index contributed by atoms with van der Waals surface area (Å²) in [7, 11) is 1.84. The van der Waals surface area contributed by atoms with Crippen molar-refractivity contribution < 1.29 is 4.74 Å². The molecule has 1 aromatic heterocycles. The van der Waals surface area contributed by atoms with Crippen LogP contribution in [0.4, 0.5) is 0 Å². The van der Waals surface area contributed by atoms with E-state index in [0.717, 1.165) is 50.9 Å². The summed E-state index contributed by atoms with van der Waals surface area (Å²) in [5, 5.41) is 3.47. The Morgan fingerprint density at radius 2 is 2.00 bits per heavy atom. The van der Waals surface area contributed by atoms with Gasteiger partial charge in [-0.1, -0.05) is 30.3 Å². The first-order valence-electron chi connectivity index (χ1n) is 9.41. The summed E-state index contributed by atoms with van der Waals surface area (Å²) in [4.78, 5) is 11.3. The van der Waals surface area contributed by atoms with Gasteiger partial charge in [0, 0.05) is 45.7 Å². The normalized spacial score (nSPS) is 15.5. The maximum absolute atomic E-state index is 5.74. The number of guanidine groups is 1. The van der Waals surface area contributed by atoms with Crippen molar-refractivity contribution in [1.82, 2.24) is 19.8 Å². The summed E-state index contributed by atoms with van der Waals surface area (Å²) in [6, 6.07) is 10.5. The molecule has 1 saturated heterocycles. The summed E-state index contributed by atoms with van der Waals surface area (Å²) < 4.78 is 7.91. The maximum atomic E-state index is 5.74. The van der Waals surface area contributed by atoms with Crippen molar-refractivity contribution in [2.24, 2.45) is 4.99 Å². The molecule has 0 amide bonds. The number of aliphatic imine (C=N–C) groups is 1. The van der Waals surface area contributed by atoms with Crippen molar-refractivity contribution in [3.05, 3.63) is 54.1 Å². The van der Waals surface area contributed by atoms with E-state index < -0.39 is 0 Å². The van der Waals surface area contributed by atoms with E-state index in [1.54, 1.807) is 0 Å². The van der Waals surface area contributed by atoms with Crippen molar-refractivity contribution in [3.63, 3.8) is 0 Å². The number of hydrogen-bond acceptors (Lipinski definition) is 3. The molecule has 1 fully saturated rings. The Morgan fingerprint density at radius 1 is 1.26 bits per heavy atom. The molecular formula is C20H30IN5O. The fourth-order valence-electron chi connectivity index (χ4n) is 3.39. The molecule has 6 nitrogen and oxygen atoms in total. The van der Waals surface area contributed by atoms with Gasteiger partial charge in [-0.05, 0) is 25.3 Å². The maximum Gasteiger partial charge on any atom is 0.194 e. The minimum absolute atomic E-state index is 0. The van der Waals surface area contributed by atoms with E-state index in [4.69, 9.17) is 4.74 Å². The van der Waals surface area contributed by atoms with Crippen molar-refractivity contribution in [1.29, 1.82) is 0 Å². The third-order valence-corrected chi connectivity index (χ3v) is 4.76. The molecular weight excluding hydrogens is 453 g/mol. The predicted molar refractivity (Wildman–Crippen MR) is 120 cm³/mol. The second kappa shape index (κ2) is 11.3. The minimum atomic E-state index is 0. The average Bonchev–Trinajstić information content (AvgIpc) is 3.11. The van der Waals surface area contributed by atoms with Crippen LogP contribution in [0.1, 0.15) is 31.2 Å². The highest BCUT2D eigenvalue weighted by Crippen LogP contribution is 2.14. The molecule has 1 aromatic carbocycles. The second-order valence-corrected chi connectivity index (χ2v) is 6.50. The van der Waals surface area contributed by atoms with Crippen LogP contribution in [0.15, 0.2) is 47.7 Å². The number of nitrogens with one attached hydrogen (secondary N) is 1. The number of imidazole rings is 1. The van der Waals surface area contributed by atoms with E-state index in [9.17, 15) is 0 Å². The second-order valence-electron chi connectivity index (χ2n) is 6.50. The summed E-state index contributed by atoms with van der Waals surface area (Å²) in [6.07, 6.45) is 6.38. The van der Waals surface area contributed by atoms with Crippen LogP contribution in [0.25, 0.3) is 0 Å². The van der Waals surface area contributed by atoms with E-state index in [-0.39, 0.29) is 24.0 Å². The number of ether oxygens (including phenoxy) is 1. The lowest BCUT2D eigenvalue weighted by Crippen LogP contribution is -2.47. The van der Waals surface area contributed by atoms with Gasteiger partial charge in [0.2, 0.25) is 0 Å². The van der Waals surface area contributed by atoms with Crippen LogP contribution >= 0.6 is 24.0 Å². The Kier molecular flexibility index (Phi) is 9.06. The van der Waals surface area contributed by atoms with Gasteiger partial charge in [0.25, 0.3) is 0 Å². The third-order valence-electron chi connectivity index (χ3n) is 4.76. The zero-order valence-corrected chi connectivity index (χ0v) is 18.5. The van der Waals surface area contributed by atoms with Gasteiger partial charge >= 0.3 is 0 Å². The molecule has 2 heterocycles. The molecule has 27 heavy (non-hydrogen) atoms. The third kappa shape index (κ3) is 6.21. The fourth-order valence-corrected chi connectivity index (χ4v) is 3.39. The standard InChI is InChI=1S/C20H29N5O.HI/c1-3-26-18-9-12-24(13-10-18)20(21-2)23-15-19-22-11-14-25(19)16-17-7-5-4-6-8-17;/h4-8,11,14,18H,3,9-10,12-13,15-16H2,1-2H3,(H,21,23);1H. The molecule has 3 rings (SSSR count). The number of nitrogens with zero attached hydrogens (tertiary/aromatic N) is 4. The SMILES string of the molecule is CCOC1CCN(C(=NC)NCc2nccn2Cc2ccccc2)CC1.I. The highest BCUT2D eigenvalue weighted by Gasteiger charge is 2.21. The number of halogens is 1. The lowest BCUT2D eigenvalue weighted by molar-refractivity contribution is 0.0263. The Balaban J connectivity index is 0.00000261. The monoisotopic (exact) mass is 483 g/mol. The molecule has 0 aliphatic carbocycles. The van der Waals surface area contributed by atoms with Gasteiger partial charge in [-0.3, -0.25) is 4.99 Å². The molecule has 1 aliphatic heterocycles. The largest absolute Gasteiger partial charge is 0.378 e. The van der Waals surface area contributed by atoms with Gasteiger partial charge in [0.1, 0.15) is 5.82 Å². The van der Waals surface area contributed by atoms with Gasteiger partial charge < -0.3 is 19.5 Å². The van der Waals surface area contributed by atoms with Crippen LogP contribution in [0.3, 0.4) is 0 Å². The lowest BCUT2D eigenvalue weighted by atomic mass is 10.1. The molecule has 7 heteroatoms. The summed E-state index contributed by atoms with van der Waals surface area (Å²) in [5.41, 5.74) is 1.27. The number of likely N-dealkylation sites (tertiary alicyclic amines) is 1. The van der Waals surface area contributed by atoms with Crippen molar-refractivity contribution in [3.8, 4) is 0 Å². The number of hydrogen-bond donors (Lipinski definition) is 1. The molecule has 0 radical (unpaired) electrons. The van der Waals surface area contributed by atoms with Crippen LogP contribution in [0.5, 0.6) is 0 Å². The first-order valence-corrected chi connectivity index (χ1v) is 9.41. The van der Waals surface area contributed by atoms with Crippen molar-refractivity contribution in [2.45, 2.75) is 39.0 Å². The van der Waals surface area contributed by atoms with E-state index in [0.29, 0.717) is 12.6 Å². The van der Waals surface area contributed by atoms with E-state index in [1.807, 2.05) is 25.5 Å². The zero-order chi connectivity index (χ0) is 18.2. The number of piperidine rings is 1. The quantitative estimate of drug-likeness (QED) is 0.390. The smallest absolute Gasteiger partial charge is 0.194 e. The lowest BCUT2D eigenvalue weighted by Gasteiger charge is -2.34. The van der Waals surface area contributed by atoms with Crippen LogP contribution in [-0.4, -0.2) is 53.3 Å². The Bertz CT molecular complexity index is 695. The Morgan fingerprint density at radius 3 is 2.67 bits per heavy atom. The molecule has 2 aromatic rings. The summed E-state index contributed by atoms with van der Waals surface area (Å²) in [5.74, 6) is 1.95. The van der Waals surface area contributed by atoms with Gasteiger partial charge in [0.05, 0.1) is 12.6 Å². The number of benzene rings is 1. The van der Waals surface area contributed by atoms with Gasteiger partial charge in [-0.25, -0.2) is 4.98 Å². The molecule has 148 valence electrons. The first-order chi connectivity index (χ1) is 12.8. The zero-order valence-electron chi connectivity index (χ0n) is 16.2. The average molecular weight is 483 g/mol. The van der Waals surface area contributed by atoms with Crippen LogP contribution < -0.4 is 5.32 Å². The Hall–Kier alpha value is -1.61. The number of aromatic nitrogens is 2. The topological polar surface area (TPSA) is 54.7 Å². The molecule has 0 atom stereocenters. The summed E-state index contributed by atoms with van der Waals surface area (Å²) >= 11 is 0. The van der Waals surface area contributed by atoms with Gasteiger partial charge in [-0.2, -0.15) is 0 Å². The number of rotatable bonds is 6. The fraction of sp³-hybridized carbons (Fsp3) is 0.500. The van der Waals surface area contributed by atoms with Crippen molar-refractivity contribution >= 4 is 29.9 Å². The molecule has 1 aliphatic rings. The molecule has 1 N–H and O–H groups in total. The van der Waals surface area contributed by atoms with Crippen LogP contribution in [0, 0.1) is 0 Å². The van der Waals surface area contributed by atoms with Crippen LogP contribution in [0.2, 0.25) is 0 Å².